The molecule has 0 radical (unpaired) electrons. The maximum Gasteiger partial charge on any atom is 0.293 e. The zero-order valence-corrected chi connectivity index (χ0v) is 6.66. The standard InChI is InChI=1S/C7H11N3O/c1-3-10-5(2)4-9-6(8)7(10)11/h4H,3H2,1-2H3,(H2,8,9). The molecule has 0 unspecified atom stereocenters. The van der Waals surface area contributed by atoms with E-state index in [-0.39, 0.29) is 11.4 Å². The van der Waals surface area contributed by atoms with E-state index >= 15 is 0 Å². The van der Waals surface area contributed by atoms with Crippen molar-refractivity contribution in [2.45, 2.75) is 20.4 Å². The summed E-state index contributed by atoms with van der Waals surface area (Å²) in [6.45, 7) is 4.36. The molecule has 0 aliphatic carbocycles. The summed E-state index contributed by atoms with van der Waals surface area (Å²) in [7, 11) is 0. The van der Waals surface area contributed by atoms with Gasteiger partial charge in [0, 0.05) is 18.4 Å². The van der Waals surface area contributed by atoms with E-state index in [1.807, 2.05) is 13.8 Å². The molecule has 1 rings (SSSR count). The van der Waals surface area contributed by atoms with Gasteiger partial charge in [0.2, 0.25) is 0 Å². The Kier molecular flexibility index (Phi) is 1.94. The highest BCUT2D eigenvalue weighted by atomic mass is 16.1. The molecule has 1 heterocycles. The third-order valence-electron chi connectivity index (χ3n) is 1.60. The van der Waals surface area contributed by atoms with Gasteiger partial charge < -0.3 is 10.3 Å². The van der Waals surface area contributed by atoms with Gasteiger partial charge in [0.25, 0.3) is 5.56 Å². The highest BCUT2D eigenvalue weighted by molar-refractivity contribution is 5.24. The molecular weight excluding hydrogens is 142 g/mol. The van der Waals surface area contributed by atoms with Gasteiger partial charge in [0.05, 0.1) is 0 Å². The summed E-state index contributed by atoms with van der Waals surface area (Å²) in [6.07, 6.45) is 1.60. The number of aryl methyl sites for hydroxylation is 1. The third-order valence-corrected chi connectivity index (χ3v) is 1.60. The third kappa shape index (κ3) is 1.24. The number of aromatic nitrogens is 2. The Hall–Kier alpha value is -1.32. The maximum atomic E-state index is 11.2. The fourth-order valence-corrected chi connectivity index (χ4v) is 0.979. The van der Waals surface area contributed by atoms with Crippen molar-refractivity contribution < 1.29 is 0 Å². The maximum absolute atomic E-state index is 11.2. The van der Waals surface area contributed by atoms with Gasteiger partial charge in [-0.25, -0.2) is 4.98 Å². The van der Waals surface area contributed by atoms with Crippen LogP contribution in [-0.2, 0) is 6.54 Å². The number of nitrogen functional groups attached to an aromatic ring is 1. The molecule has 0 saturated heterocycles. The summed E-state index contributed by atoms with van der Waals surface area (Å²) in [5.41, 5.74) is 5.96. The van der Waals surface area contributed by atoms with Crippen molar-refractivity contribution in [3.63, 3.8) is 0 Å². The number of nitrogens with zero attached hydrogens (tertiary/aromatic N) is 2. The van der Waals surface area contributed by atoms with E-state index in [0.29, 0.717) is 6.54 Å². The van der Waals surface area contributed by atoms with E-state index in [2.05, 4.69) is 4.98 Å². The molecule has 0 atom stereocenters. The van der Waals surface area contributed by atoms with Crippen molar-refractivity contribution in [2.24, 2.45) is 0 Å². The topological polar surface area (TPSA) is 60.9 Å². The monoisotopic (exact) mass is 153 g/mol. The molecule has 11 heavy (non-hydrogen) atoms. The molecule has 0 aliphatic rings. The van der Waals surface area contributed by atoms with Crippen LogP contribution in [0.5, 0.6) is 0 Å². The summed E-state index contributed by atoms with van der Waals surface area (Å²) in [5.74, 6) is 0.0671. The van der Waals surface area contributed by atoms with Crippen LogP contribution >= 0.6 is 0 Å². The van der Waals surface area contributed by atoms with Crippen molar-refractivity contribution in [3.8, 4) is 0 Å². The summed E-state index contributed by atoms with van der Waals surface area (Å²) in [6, 6.07) is 0. The van der Waals surface area contributed by atoms with E-state index in [1.165, 1.54) is 0 Å². The van der Waals surface area contributed by atoms with Crippen LogP contribution in [0.2, 0.25) is 0 Å². The fourth-order valence-electron chi connectivity index (χ4n) is 0.979. The fraction of sp³-hybridized carbons (Fsp3) is 0.429. The van der Waals surface area contributed by atoms with E-state index in [9.17, 15) is 4.79 Å². The molecule has 0 aromatic carbocycles. The Morgan fingerprint density at radius 3 is 2.82 bits per heavy atom. The normalized spacial score (nSPS) is 10.0. The average molecular weight is 153 g/mol. The van der Waals surface area contributed by atoms with Crippen LogP contribution in [-0.4, -0.2) is 9.55 Å². The van der Waals surface area contributed by atoms with Crippen LogP contribution in [0.1, 0.15) is 12.6 Å². The van der Waals surface area contributed by atoms with Crippen LogP contribution in [0, 0.1) is 6.92 Å². The zero-order chi connectivity index (χ0) is 8.43. The first-order chi connectivity index (χ1) is 5.16. The Morgan fingerprint density at radius 1 is 1.73 bits per heavy atom. The molecule has 4 heteroatoms. The number of hydrogen-bond donors (Lipinski definition) is 1. The highest BCUT2D eigenvalue weighted by Crippen LogP contribution is 1.93. The molecule has 0 bridgehead atoms. The lowest BCUT2D eigenvalue weighted by Crippen LogP contribution is -2.25. The number of hydrogen-bond acceptors (Lipinski definition) is 3. The van der Waals surface area contributed by atoms with E-state index < -0.39 is 0 Å². The van der Waals surface area contributed by atoms with Crippen LogP contribution in [0.15, 0.2) is 11.0 Å². The lowest BCUT2D eigenvalue weighted by atomic mass is 10.4. The van der Waals surface area contributed by atoms with Gasteiger partial charge in [0.1, 0.15) is 0 Å². The number of rotatable bonds is 1. The Balaban J connectivity index is 3.41. The quantitative estimate of drug-likeness (QED) is 0.624. The van der Waals surface area contributed by atoms with Gasteiger partial charge in [0.15, 0.2) is 5.82 Å². The van der Waals surface area contributed by atoms with Crippen LogP contribution in [0.3, 0.4) is 0 Å². The predicted octanol–water partition coefficient (Wildman–Crippen LogP) is 0.154. The van der Waals surface area contributed by atoms with Crippen LogP contribution in [0.4, 0.5) is 5.82 Å². The largest absolute Gasteiger partial charge is 0.379 e. The number of anilines is 1. The minimum absolute atomic E-state index is 0.0671. The lowest BCUT2D eigenvalue weighted by molar-refractivity contribution is 0.694. The molecule has 0 spiro atoms. The molecule has 2 N–H and O–H groups in total. The summed E-state index contributed by atoms with van der Waals surface area (Å²) in [5, 5.41) is 0. The van der Waals surface area contributed by atoms with Crippen molar-refractivity contribution in [1.82, 2.24) is 9.55 Å². The van der Waals surface area contributed by atoms with Gasteiger partial charge in [-0.3, -0.25) is 4.79 Å². The molecule has 1 aromatic rings. The molecule has 4 nitrogen and oxygen atoms in total. The van der Waals surface area contributed by atoms with Crippen molar-refractivity contribution in [3.05, 3.63) is 22.2 Å². The summed E-state index contributed by atoms with van der Waals surface area (Å²) < 4.78 is 1.59. The summed E-state index contributed by atoms with van der Waals surface area (Å²) in [4.78, 5) is 14.9. The van der Waals surface area contributed by atoms with Gasteiger partial charge in [-0.1, -0.05) is 0 Å². The zero-order valence-electron chi connectivity index (χ0n) is 6.66. The minimum atomic E-state index is -0.201. The second-order valence-electron chi connectivity index (χ2n) is 2.33. The van der Waals surface area contributed by atoms with Gasteiger partial charge >= 0.3 is 0 Å². The molecule has 0 saturated carbocycles. The smallest absolute Gasteiger partial charge is 0.293 e. The van der Waals surface area contributed by atoms with E-state index in [0.717, 1.165) is 5.69 Å². The van der Waals surface area contributed by atoms with Crippen molar-refractivity contribution >= 4 is 5.82 Å². The SMILES string of the molecule is CCn1c(C)cnc(N)c1=O. The van der Waals surface area contributed by atoms with Crippen LogP contribution in [0.25, 0.3) is 0 Å². The van der Waals surface area contributed by atoms with Gasteiger partial charge in [-0.2, -0.15) is 0 Å². The van der Waals surface area contributed by atoms with Crippen molar-refractivity contribution in [1.29, 1.82) is 0 Å². The molecule has 0 aliphatic heterocycles. The first-order valence-electron chi connectivity index (χ1n) is 3.48. The Labute approximate surface area is 64.7 Å². The Morgan fingerprint density at radius 2 is 2.36 bits per heavy atom. The first-order valence-corrected chi connectivity index (χ1v) is 3.48. The predicted molar refractivity (Wildman–Crippen MR) is 43.3 cm³/mol. The highest BCUT2D eigenvalue weighted by Gasteiger charge is 2.00. The lowest BCUT2D eigenvalue weighted by Gasteiger charge is -2.05. The molecule has 60 valence electrons. The van der Waals surface area contributed by atoms with Crippen molar-refractivity contribution in [2.75, 3.05) is 5.73 Å². The molecular formula is C7H11N3O. The first kappa shape index (κ1) is 7.78. The average Bonchev–Trinajstić information content (AvgIpc) is 1.99. The second-order valence-corrected chi connectivity index (χ2v) is 2.33. The summed E-state index contributed by atoms with van der Waals surface area (Å²) >= 11 is 0. The van der Waals surface area contributed by atoms with Gasteiger partial charge in [-0.15, -0.1) is 0 Å². The Bertz CT molecular complexity index is 316. The van der Waals surface area contributed by atoms with Gasteiger partial charge in [-0.05, 0) is 13.8 Å². The second kappa shape index (κ2) is 2.74. The van der Waals surface area contributed by atoms with E-state index in [4.69, 9.17) is 5.73 Å². The molecule has 0 fully saturated rings. The molecule has 0 amide bonds. The van der Waals surface area contributed by atoms with Crippen LogP contribution < -0.4 is 11.3 Å². The number of nitrogens with two attached hydrogens (primary N) is 1. The molecule has 1 aromatic heterocycles. The van der Waals surface area contributed by atoms with E-state index in [1.54, 1.807) is 10.8 Å². The minimum Gasteiger partial charge on any atom is -0.379 e.